The van der Waals surface area contributed by atoms with Gasteiger partial charge in [0, 0.05) is 11.6 Å². The standard InChI is InChI=1S/C19H12N2O5/c20-11-12-1-4-14(5-2-12)25-19(22)15-10-17(26-21-15)13-3-6-16-18(9-13)24-8-7-23-16/h1-6,9-10H,7-8H2. The molecule has 0 unspecified atom stereocenters. The SMILES string of the molecule is N#Cc1ccc(OC(=O)c2cc(-c3ccc4c(c3)OCCO4)on2)cc1. The Labute approximate surface area is 148 Å². The van der Waals surface area contributed by atoms with E-state index < -0.39 is 5.97 Å². The molecule has 0 saturated carbocycles. The molecule has 0 amide bonds. The molecule has 0 aliphatic carbocycles. The number of ether oxygens (including phenoxy) is 3. The minimum atomic E-state index is -0.651. The molecule has 7 heteroatoms. The Morgan fingerprint density at radius 2 is 1.81 bits per heavy atom. The molecule has 1 aliphatic heterocycles. The van der Waals surface area contributed by atoms with E-state index in [1.807, 2.05) is 6.07 Å². The predicted molar refractivity (Wildman–Crippen MR) is 89.0 cm³/mol. The van der Waals surface area contributed by atoms with Gasteiger partial charge in [0.1, 0.15) is 19.0 Å². The lowest BCUT2D eigenvalue weighted by Crippen LogP contribution is -2.15. The molecular weight excluding hydrogens is 336 g/mol. The van der Waals surface area contributed by atoms with Crippen LogP contribution in [0.1, 0.15) is 16.1 Å². The van der Waals surface area contributed by atoms with Crippen LogP contribution >= 0.6 is 0 Å². The van der Waals surface area contributed by atoms with Crippen LogP contribution in [0.15, 0.2) is 53.1 Å². The fourth-order valence-corrected chi connectivity index (χ4v) is 2.46. The third kappa shape index (κ3) is 3.08. The first-order valence-corrected chi connectivity index (χ1v) is 7.82. The molecule has 0 fully saturated rings. The van der Waals surface area contributed by atoms with Crippen LogP contribution in [0.2, 0.25) is 0 Å². The van der Waals surface area contributed by atoms with Crippen molar-refractivity contribution in [3.8, 4) is 34.6 Å². The molecule has 3 aromatic rings. The number of hydrogen-bond donors (Lipinski definition) is 0. The summed E-state index contributed by atoms with van der Waals surface area (Å²) in [4.78, 5) is 12.2. The Hall–Kier alpha value is -3.79. The van der Waals surface area contributed by atoms with Gasteiger partial charge in [-0.25, -0.2) is 4.79 Å². The van der Waals surface area contributed by atoms with E-state index in [-0.39, 0.29) is 5.69 Å². The Bertz CT molecular complexity index is 1000. The van der Waals surface area contributed by atoms with E-state index in [4.69, 9.17) is 24.0 Å². The van der Waals surface area contributed by atoms with Crippen molar-refractivity contribution in [3.63, 3.8) is 0 Å². The molecule has 1 aliphatic rings. The van der Waals surface area contributed by atoms with Gasteiger partial charge < -0.3 is 18.7 Å². The van der Waals surface area contributed by atoms with E-state index in [1.165, 1.54) is 18.2 Å². The van der Waals surface area contributed by atoms with Gasteiger partial charge in [0.2, 0.25) is 0 Å². The Balaban J connectivity index is 1.52. The van der Waals surface area contributed by atoms with Gasteiger partial charge in [-0.2, -0.15) is 5.26 Å². The predicted octanol–water partition coefficient (Wildman–Crippen LogP) is 3.20. The normalized spacial score (nSPS) is 12.3. The summed E-state index contributed by atoms with van der Waals surface area (Å²) in [7, 11) is 0. The summed E-state index contributed by atoms with van der Waals surface area (Å²) < 4.78 is 21.5. The lowest BCUT2D eigenvalue weighted by atomic mass is 10.1. The van der Waals surface area contributed by atoms with Crippen LogP contribution in [0.4, 0.5) is 0 Å². The smallest absolute Gasteiger partial charge is 0.365 e. The van der Waals surface area contributed by atoms with Crippen molar-refractivity contribution in [1.82, 2.24) is 5.16 Å². The number of fused-ring (bicyclic) bond motifs is 1. The number of rotatable bonds is 3. The number of esters is 1. The molecule has 2 heterocycles. The van der Waals surface area contributed by atoms with Crippen molar-refractivity contribution in [2.24, 2.45) is 0 Å². The van der Waals surface area contributed by atoms with Crippen LogP contribution in [-0.2, 0) is 0 Å². The Kier molecular flexibility index (Phi) is 4.00. The van der Waals surface area contributed by atoms with E-state index in [0.29, 0.717) is 47.3 Å². The summed E-state index contributed by atoms with van der Waals surface area (Å²) in [5.41, 5.74) is 1.23. The molecule has 0 bridgehead atoms. The van der Waals surface area contributed by atoms with Gasteiger partial charge in [-0.1, -0.05) is 5.16 Å². The van der Waals surface area contributed by atoms with Crippen LogP contribution in [0.5, 0.6) is 17.2 Å². The van der Waals surface area contributed by atoms with E-state index in [0.717, 1.165) is 0 Å². The highest BCUT2D eigenvalue weighted by Crippen LogP contribution is 2.34. The highest BCUT2D eigenvalue weighted by atomic mass is 16.6. The Morgan fingerprint density at radius 1 is 1.04 bits per heavy atom. The summed E-state index contributed by atoms with van der Waals surface area (Å²) >= 11 is 0. The maximum atomic E-state index is 12.2. The molecule has 7 nitrogen and oxygen atoms in total. The van der Waals surface area contributed by atoms with Gasteiger partial charge in [-0.3, -0.25) is 0 Å². The van der Waals surface area contributed by atoms with Gasteiger partial charge >= 0.3 is 5.97 Å². The summed E-state index contributed by atoms with van der Waals surface area (Å²) in [5.74, 6) is 1.36. The second-order valence-corrected chi connectivity index (χ2v) is 5.46. The molecule has 0 spiro atoms. The lowest BCUT2D eigenvalue weighted by Gasteiger charge is -2.18. The first kappa shape index (κ1) is 15.7. The molecule has 1 aromatic heterocycles. The maximum Gasteiger partial charge on any atom is 0.365 e. The number of nitrogens with zero attached hydrogens (tertiary/aromatic N) is 2. The molecule has 2 aromatic carbocycles. The molecule has 0 radical (unpaired) electrons. The molecule has 128 valence electrons. The largest absolute Gasteiger partial charge is 0.486 e. The summed E-state index contributed by atoms with van der Waals surface area (Å²) in [6.45, 7) is 0.995. The first-order valence-electron chi connectivity index (χ1n) is 7.82. The van der Waals surface area contributed by atoms with E-state index in [1.54, 1.807) is 30.3 Å². The van der Waals surface area contributed by atoms with Gasteiger partial charge in [0.15, 0.2) is 23.0 Å². The van der Waals surface area contributed by atoms with Crippen LogP contribution in [0.25, 0.3) is 11.3 Å². The molecule has 4 rings (SSSR count). The number of nitriles is 1. The molecule has 0 saturated heterocycles. The number of hydrogen-bond acceptors (Lipinski definition) is 7. The zero-order valence-electron chi connectivity index (χ0n) is 13.5. The summed E-state index contributed by atoms with van der Waals surface area (Å²) in [5, 5.41) is 12.5. The monoisotopic (exact) mass is 348 g/mol. The molecule has 26 heavy (non-hydrogen) atoms. The van der Waals surface area contributed by atoms with Crippen molar-refractivity contribution < 1.29 is 23.5 Å². The topological polar surface area (TPSA) is 94.6 Å². The quantitative estimate of drug-likeness (QED) is 0.530. The minimum Gasteiger partial charge on any atom is -0.486 e. The van der Waals surface area contributed by atoms with Crippen LogP contribution in [0.3, 0.4) is 0 Å². The third-order valence-electron chi connectivity index (χ3n) is 3.74. The summed E-state index contributed by atoms with van der Waals surface area (Å²) in [6.07, 6.45) is 0. The second kappa shape index (κ2) is 6.61. The van der Waals surface area contributed by atoms with Gasteiger partial charge in [0.05, 0.1) is 11.6 Å². The van der Waals surface area contributed by atoms with Crippen LogP contribution in [0, 0.1) is 11.3 Å². The minimum absolute atomic E-state index is 0.0410. The third-order valence-corrected chi connectivity index (χ3v) is 3.74. The lowest BCUT2D eigenvalue weighted by molar-refractivity contribution is 0.0724. The second-order valence-electron chi connectivity index (χ2n) is 5.46. The van der Waals surface area contributed by atoms with Crippen molar-refractivity contribution in [3.05, 3.63) is 59.8 Å². The molecule has 0 atom stereocenters. The maximum absolute atomic E-state index is 12.2. The Morgan fingerprint density at radius 3 is 2.58 bits per heavy atom. The number of aromatic nitrogens is 1. The fourth-order valence-electron chi connectivity index (χ4n) is 2.46. The van der Waals surface area contributed by atoms with Crippen LogP contribution in [-0.4, -0.2) is 24.3 Å². The van der Waals surface area contributed by atoms with E-state index in [2.05, 4.69) is 5.16 Å². The highest BCUT2D eigenvalue weighted by Gasteiger charge is 2.18. The van der Waals surface area contributed by atoms with Crippen molar-refractivity contribution in [2.75, 3.05) is 13.2 Å². The van der Waals surface area contributed by atoms with Gasteiger partial charge in [0.25, 0.3) is 0 Å². The fraction of sp³-hybridized carbons (Fsp3) is 0.105. The zero-order chi connectivity index (χ0) is 17.9. The molecule has 0 N–H and O–H groups in total. The summed E-state index contributed by atoms with van der Waals surface area (Å²) in [6, 6.07) is 15.0. The van der Waals surface area contributed by atoms with Gasteiger partial charge in [-0.05, 0) is 42.5 Å². The zero-order valence-corrected chi connectivity index (χ0v) is 13.5. The highest BCUT2D eigenvalue weighted by molar-refractivity contribution is 5.90. The average molecular weight is 348 g/mol. The van der Waals surface area contributed by atoms with Gasteiger partial charge in [-0.15, -0.1) is 0 Å². The van der Waals surface area contributed by atoms with E-state index in [9.17, 15) is 4.79 Å². The number of benzene rings is 2. The van der Waals surface area contributed by atoms with Crippen molar-refractivity contribution in [2.45, 2.75) is 0 Å². The number of carbonyl (C=O) groups excluding carboxylic acids is 1. The molecular formula is C19H12N2O5. The van der Waals surface area contributed by atoms with Crippen molar-refractivity contribution >= 4 is 5.97 Å². The van der Waals surface area contributed by atoms with E-state index >= 15 is 0 Å². The average Bonchev–Trinajstić information content (AvgIpc) is 3.18. The number of carbonyl (C=O) groups is 1. The first-order chi connectivity index (χ1) is 12.7. The van der Waals surface area contributed by atoms with Crippen LogP contribution < -0.4 is 14.2 Å². The van der Waals surface area contributed by atoms with Crippen molar-refractivity contribution in [1.29, 1.82) is 5.26 Å².